The van der Waals surface area contributed by atoms with Gasteiger partial charge in [0, 0.05) is 12.4 Å². The fourth-order valence-corrected chi connectivity index (χ4v) is 3.01. The van der Waals surface area contributed by atoms with E-state index in [1.165, 1.54) is 36.1 Å². The van der Waals surface area contributed by atoms with Gasteiger partial charge in [-0.1, -0.05) is 18.3 Å². The van der Waals surface area contributed by atoms with Crippen molar-refractivity contribution in [2.45, 2.75) is 26.3 Å². The first-order valence-corrected chi connectivity index (χ1v) is 8.05. The van der Waals surface area contributed by atoms with Gasteiger partial charge in [0.25, 0.3) is 11.5 Å². The summed E-state index contributed by atoms with van der Waals surface area (Å²) in [6, 6.07) is 2.93. The highest BCUT2D eigenvalue weighted by Crippen LogP contribution is 2.19. The molecule has 0 saturated heterocycles. The summed E-state index contributed by atoms with van der Waals surface area (Å²) >= 11 is 1.22. The summed E-state index contributed by atoms with van der Waals surface area (Å²) in [7, 11) is 0. The Balaban J connectivity index is 1.86. The Kier molecular flexibility index (Phi) is 4.26. The standard InChI is InChI=1S/C15H15N5O3S/c1-8(2)12-11(24-19-18-12)7-17-14(22)9-6-16-13-10(21)4-3-5-20(13)15(9)23/h3-6,8,21H,7H2,1-2H3,(H,17,22). The molecule has 3 rings (SSSR count). The van der Waals surface area contributed by atoms with E-state index >= 15 is 0 Å². The van der Waals surface area contributed by atoms with Crippen molar-refractivity contribution in [3.05, 3.63) is 51.0 Å². The summed E-state index contributed by atoms with van der Waals surface area (Å²) in [5, 5.41) is 16.4. The van der Waals surface area contributed by atoms with Crippen molar-refractivity contribution in [1.82, 2.24) is 24.3 Å². The number of pyridine rings is 1. The van der Waals surface area contributed by atoms with Crippen LogP contribution < -0.4 is 10.9 Å². The fraction of sp³-hybridized carbons (Fsp3) is 0.267. The average Bonchev–Trinajstić information content (AvgIpc) is 3.02. The van der Waals surface area contributed by atoms with Gasteiger partial charge in [-0.05, 0) is 29.6 Å². The monoisotopic (exact) mass is 345 g/mol. The van der Waals surface area contributed by atoms with Gasteiger partial charge in [-0.3, -0.25) is 14.0 Å². The minimum absolute atomic E-state index is 0.0957. The molecule has 0 aromatic carbocycles. The number of hydrogen-bond acceptors (Lipinski definition) is 7. The number of aromatic nitrogens is 4. The zero-order chi connectivity index (χ0) is 17.3. The topological polar surface area (TPSA) is 109 Å². The number of rotatable bonds is 4. The normalized spacial score (nSPS) is 11.1. The maximum atomic E-state index is 12.4. The molecule has 9 heteroatoms. The molecule has 0 aliphatic rings. The van der Waals surface area contributed by atoms with Crippen molar-refractivity contribution in [1.29, 1.82) is 0 Å². The predicted molar refractivity (Wildman–Crippen MR) is 88.3 cm³/mol. The van der Waals surface area contributed by atoms with Crippen LogP contribution in [0.2, 0.25) is 0 Å². The molecule has 8 nitrogen and oxygen atoms in total. The molecule has 0 bridgehead atoms. The Labute approximate surface area is 141 Å². The Morgan fingerprint density at radius 2 is 2.25 bits per heavy atom. The summed E-state index contributed by atoms with van der Waals surface area (Å²) in [6.45, 7) is 4.23. The number of aromatic hydroxyl groups is 1. The third-order valence-corrected chi connectivity index (χ3v) is 4.24. The van der Waals surface area contributed by atoms with Crippen LogP contribution in [0.4, 0.5) is 0 Å². The zero-order valence-electron chi connectivity index (χ0n) is 13.1. The van der Waals surface area contributed by atoms with Crippen molar-refractivity contribution in [3.8, 4) is 5.75 Å². The van der Waals surface area contributed by atoms with E-state index in [0.717, 1.165) is 15.0 Å². The second kappa shape index (κ2) is 6.36. The maximum absolute atomic E-state index is 12.4. The molecule has 2 N–H and O–H groups in total. The van der Waals surface area contributed by atoms with Crippen LogP contribution in [-0.4, -0.2) is 30.0 Å². The number of hydrogen-bond donors (Lipinski definition) is 2. The first-order chi connectivity index (χ1) is 11.5. The van der Waals surface area contributed by atoms with Crippen LogP contribution in [0.1, 0.15) is 40.7 Å². The number of nitrogens with zero attached hydrogens (tertiary/aromatic N) is 4. The van der Waals surface area contributed by atoms with E-state index < -0.39 is 11.5 Å². The smallest absolute Gasteiger partial charge is 0.270 e. The molecule has 24 heavy (non-hydrogen) atoms. The molecular weight excluding hydrogens is 330 g/mol. The van der Waals surface area contributed by atoms with E-state index in [4.69, 9.17) is 0 Å². The quantitative estimate of drug-likeness (QED) is 0.738. The Hall–Kier alpha value is -2.81. The number of amides is 1. The summed E-state index contributed by atoms with van der Waals surface area (Å²) in [5.41, 5.74) is 0.299. The van der Waals surface area contributed by atoms with E-state index in [0.29, 0.717) is 0 Å². The fourth-order valence-electron chi connectivity index (χ4n) is 2.28. The number of carbonyl (C=O) groups excluding carboxylic acids is 1. The molecule has 0 atom stereocenters. The molecule has 0 aliphatic heterocycles. The van der Waals surface area contributed by atoms with Crippen molar-refractivity contribution in [2.24, 2.45) is 0 Å². The summed E-state index contributed by atoms with van der Waals surface area (Å²) in [5.74, 6) is -0.459. The van der Waals surface area contributed by atoms with Crippen LogP contribution in [0.3, 0.4) is 0 Å². The van der Waals surface area contributed by atoms with Crippen LogP contribution in [0.15, 0.2) is 29.3 Å². The van der Waals surface area contributed by atoms with Gasteiger partial charge in [0.05, 0.1) is 17.1 Å². The molecule has 3 aromatic heterocycles. The lowest BCUT2D eigenvalue weighted by Crippen LogP contribution is -2.31. The van der Waals surface area contributed by atoms with Gasteiger partial charge in [-0.2, -0.15) is 0 Å². The van der Waals surface area contributed by atoms with Crippen LogP contribution in [-0.2, 0) is 6.54 Å². The van der Waals surface area contributed by atoms with Crippen LogP contribution in [0, 0.1) is 0 Å². The average molecular weight is 345 g/mol. The van der Waals surface area contributed by atoms with E-state index in [-0.39, 0.29) is 29.4 Å². The molecule has 0 fully saturated rings. The van der Waals surface area contributed by atoms with Crippen LogP contribution >= 0.6 is 11.5 Å². The zero-order valence-corrected chi connectivity index (χ0v) is 13.9. The highest BCUT2D eigenvalue weighted by molar-refractivity contribution is 7.05. The lowest BCUT2D eigenvalue weighted by Gasteiger charge is -2.07. The van der Waals surface area contributed by atoms with Gasteiger partial charge in [-0.15, -0.1) is 5.10 Å². The molecule has 0 spiro atoms. The van der Waals surface area contributed by atoms with E-state index in [2.05, 4.69) is 19.9 Å². The van der Waals surface area contributed by atoms with Crippen LogP contribution in [0.5, 0.6) is 5.75 Å². The molecule has 124 valence electrons. The largest absolute Gasteiger partial charge is 0.504 e. The van der Waals surface area contributed by atoms with Crippen LogP contribution in [0.25, 0.3) is 5.65 Å². The molecule has 0 unspecified atom stereocenters. The molecule has 3 heterocycles. The van der Waals surface area contributed by atoms with Gasteiger partial charge >= 0.3 is 0 Å². The second-order valence-electron chi connectivity index (χ2n) is 5.48. The molecular formula is C15H15N5O3S. The maximum Gasteiger partial charge on any atom is 0.270 e. The number of nitrogens with one attached hydrogen (secondary N) is 1. The molecule has 3 aromatic rings. The van der Waals surface area contributed by atoms with Gasteiger partial charge in [-0.25, -0.2) is 4.98 Å². The van der Waals surface area contributed by atoms with E-state index in [1.807, 2.05) is 13.8 Å². The third-order valence-electron chi connectivity index (χ3n) is 3.50. The van der Waals surface area contributed by atoms with Gasteiger partial charge in [0.2, 0.25) is 0 Å². The van der Waals surface area contributed by atoms with Gasteiger partial charge < -0.3 is 10.4 Å². The lowest BCUT2D eigenvalue weighted by molar-refractivity contribution is 0.0949. The number of fused-ring (bicyclic) bond motifs is 1. The number of carbonyl (C=O) groups is 1. The first-order valence-electron chi connectivity index (χ1n) is 7.27. The Morgan fingerprint density at radius 1 is 1.46 bits per heavy atom. The second-order valence-corrected chi connectivity index (χ2v) is 6.32. The predicted octanol–water partition coefficient (Wildman–Crippen LogP) is 1.30. The van der Waals surface area contributed by atoms with Crippen molar-refractivity contribution >= 4 is 23.1 Å². The first kappa shape index (κ1) is 16.1. The third kappa shape index (κ3) is 2.85. The molecule has 0 saturated carbocycles. The minimum Gasteiger partial charge on any atom is -0.504 e. The Morgan fingerprint density at radius 3 is 3.00 bits per heavy atom. The van der Waals surface area contributed by atoms with Gasteiger partial charge in [0.15, 0.2) is 11.4 Å². The van der Waals surface area contributed by atoms with Crippen molar-refractivity contribution in [2.75, 3.05) is 0 Å². The highest BCUT2D eigenvalue weighted by atomic mass is 32.1. The van der Waals surface area contributed by atoms with Crippen molar-refractivity contribution in [3.63, 3.8) is 0 Å². The Bertz CT molecular complexity index is 963. The van der Waals surface area contributed by atoms with Gasteiger partial charge in [0.1, 0.15) is 5.56 Å². The van der Waals surface area contributed by atoms with E-state index in [9.17, 15) is 14.7 Å². The minimum atomic E-state index is -0.542. The van der Waals surface area contributed by atoms with E-state index in [1.54, 1.807) is 0 Å². The highest BCUT2D eigenvalue weighted by Gasteiger charge is 2.17. The summed E-state index contributed by atoms with van der Waals surface area (Å²) in [6.07, 6.45) is 2.62. The summed E-state index contributed by atoms with van der Waals surface area (Å²) in [4.78, 5) is 29.5. The SMILES string of the molecule is CC(C)c1nnsc1CNC(=O)c1cnc2c(O)cccn2c1=O. The lowest BCUT2D eigenvalue weighted by atomic mass is 10.1. The molecule has 1 amide bonds. The summed E-state index contributed by atoms with van der Waals surface area (Å²) < 4.78 is 5.03. The van der Waals surface area contributed by atoms with Crippen molar-refractivity contribution < 1.29 is 9.90 Å². The molecule has 0 radical (unpaired) electrons. The molecule has 0 aliphatic carbocycles.